The molecule has 0 bridgehead atoms. The van der Waals surface area contributed by atoms with Gasteiger partial charge in [0.15, 0.2) is 11.6 Å². The second kappa shape index (κ2) is 6.49. The van der Waals surface area contributed by atoms with Crippen LogP contribution in [0.1, 0.15) is 50.0 Å². The van der Waals surface area contributed by atoms with Crippen molar-refractivity contribution in [1.29, 1.82) is 0 Å². The van der Waals surface area contributed by atoms with Crippen molar-refractivity contribution in [2.45, 2.75) is 44.4 Å². The number of aliphatic carboxylic acids is 1. The maximum atomic E-state index is 13.8. The van der Waals surface area contributed by atoms with Gasteiger partial charge in [-0.05, 0) is 36.8 Å². The molecule has 1 amide bonds. The number of carbonyl (C=O) groups is 2. The molecule has 0 spiro atoms. The maximum absolute atomic E-state index is 13.8. The number of hydrogen-bond donors (Lipinski definition) is 2. The van der Waals surface area contributed by atoms with Crippen molar-refractivity contribution in [3.63, 3.8) is 0 Å². The topological polar surface area (TPSA) is 66.4 Å². The predicted octanol–water partition coefficient (Wildman–Crippen LogP) is 3.22. The minimum absolute atomic E-state index is 0.107. The van der Waals surface area contributed by atoms with E-state index in [1.54, 1.807) is 0 Å². The van der Waals surface area contributed by atoms with Crippen molar-refractivity contribution in [3.05, 3.63) is 35.4 Å². The Morgan fingerprint density at radius 1 is 1.21 bits per heavy atom. The molecule has 0 heterocycles. The molecular formula is C18H21F2NO3. The molecule has 2 fully saturated rings. The van der Waals surface area contributed by atoms with E-state index < -0.39 is 28.9 Å². The number of carboxylic acids is 1. The molecule has 3 rings (SSSR count). The summed E-state index contributed by atoms with van der Waals surface area (Å²) in [7, 11) is 0. The van der Waals surface area contributed by atoms with Crippen LogP contribution in [0.2, 0.25) is 0 Å². The summed E-state index contributed by atoms with van der Waals surface area (Å²) in [5.41, 5.74) is -0.664. The fourth-order valence-corrected chi connectivity index (χ4v) is 3.72. The van der Waals surface area contributed by atoms with Crippen LogP contribution >= 0.6 is 0 Å². The molecule has 0 aromatic heterocycles. The molecule has 6 heteroatoms. The van der Waals surface area contributed by atoms with Gasteiger partial charge in [0, 0.05) is 12.5 Å². The third-order valence-corrected chi connectivity index (χ3v) is 5.37. The Labute approximate surface area is 139 Å². The van der Waals surface area contributed by atoms with Crippen LogP contribution in [-0.2, 0) is 9.59 Å². The highest BCUT2D eigenvalue weighted by molar-refractivity contribution is 5.84. The summed E-state index contributed by atoms with van der Waals surface area (Å²) in [6, 6.07) is 3.98. The van der Waals surface area contributed by atoms with Gasteiger partial charge in [0.1, 0.15) is 0 Å². The Balaban J connectivity index is 1.60. The summed E-state index contributed by atoms with van der Waals surface area (Å²) in [4.78, 5) is 23.9. The van der Waals surface area contributed by atoms with Crippen LogP contribution in [0.3, 0.4) is 0 Å². The lowest BCUT2D eigenvalue weighted by Gasteiger charge is -2.33. The Morgan fingerprint density at radius 3 is 2.58 bits per heavy atom. The summed E-state index contributed by atoms with van der Waals surface area (Å²) in [6.07, 6.45) is 4.31. The molecule has 0 aliphatic heterocycles. The van der Waals surface area contributed by atoms with Gasteiger partial charge in [-0.15, -0.1) is 0 Å². The van der Waals surface area contributed by atoms with Crippen molar-refractivity contribution in [1.82, 2.24) is 5.32 Å². The molecule has 1 aromatic carbocycles. The van der Waals surface area contributed by atoms with Gasteiger partial charge in [0.05, 0.1) is 5.41 Å². The molecule has 2 atom stereocenters. The van der Waals surface area contributed by atoms with Gasteiger partial charge >= 0.3 is 5.97 Å². The number of carbonyl (C=O) groups excluding carboxylic acids is 1. The average Bonchev–Trinajstić information content (AvgIpc) is 3.36. The first-order valence-corrected chi connectivity index (χ1v) is 8.40. The van der Waals surface area contributed by atoms with Gasteiger partial charge in [0.2, 0.25) is 5.91 Å². The molecular weight excluding hydrogens is 316 g/mol. The summed E-state index contributed by atoms with van der Waals surface area (Å²) in [5.74, 6) is -3.68. The molecule has 4 nitrogen and oxygen atoms in total. The van der Waals surface area contributed by atoms with Gasteiger partial charge in [-0.3, -0.25) is 9.59 Å². The van der Waals surface area contributed by atoms with E-state index in [9.17, 15) is 23.5 Å². The highest BCUT2D eigenvalue weighted by atomic mass is 19.2. The highest BCUT2D eigenvalue weighted by Gasteiger charge is 2.47. The normalized spacial score (nSPS) is 25.1. The summed E-state index contributed by atoms with van der Waals surface area (Å²) in [5, 5.41) is 12.2. The van der Waals surface area contributed by atoms with E-state index in [4.69, 9.17) is 0 Å². The van der Waals surface area contributed by atoms with Crippen LogP contribution in [0.4, 0.5) is 8.78 Å². The molecule has 0 radical (unpaired) electrons. The monoisotopic (exact) mass is 337 g/mol. The molecule has 2 saturated carbocycles. The SMILES string of the molecule is O=C(NCC1(C(=O)O)CCCCC1)C1CC1c1cccc(F)c1F. The molecule has 2 aliphatic rings. The minimum atomic E-state index is -0.911. The standard InChI is InChI=1S/C18H21F2NO3/c19-14-6-4-5-11(15(14)20)12-9-13(12)16(22)21-10-18(17(23)24)7-2-1-3-8-18/h4-6,12-13H,1-3,7-10H2,(H,21,22)(H,23,24). The third-order valence-electron chi connectivity index (χ3n) is 5.37. The van der Waals surface area contributed by atoms with Gasteiger partial charge in [0.25, 0.3) is 0 Å². The van der Waals surface area contributed by atoms with Crippen LogP contribution in [0.25, 0.3) is 0 Å². The molecule has 2 N–H and O–H groups in total. The van der Waals surface area contributed by atoms with E-state index in [1.807, 2.05) is 0 Å². The largest absolute Gasteiger partial charge is 0.481 e. The van der Waals surface area contributed by atoms with Gasteiger partial charge in [-0.25, -0.2) is 8.78 Å². The molecule has 0 saturated heterocycles. The quantitative estimate of drug-likeness (QED) is 0.867. The molecule has 130 valence electrons. The lowest BCUT2D eigenvalue weighted by Crippen LogP contribution is -2.44. The first-order valence-electron chi connectivity index (χ1n) is 8.40. The smallest absolute Gasteiger partial charge is 0.311 e. The van der Waals surface area contributed by atoms with Crippen LogP contribution in [0, 0.1) is 23.0 Å². The van der Waals surface area contributed by atoms with Crippen LogP contribution in [0.5, 0.6) is 0 Å². The highest BCUT2D eigenvalue weighted by Crippen LogP contribution is 2.48. The summed E-state index contributed by atoms with van der Waals surface area (Å²) < 4.78 is 27.1. The second-order valence-corrected chi connectivity index (χ2v) is 6.96. The van der Waals surface area contributed by atoms with Crippen molar-refractivity contribution < 1.29 is 23.5 Å². The number of carboxylic acid groups (broad SMARTS) is 1. The van der Waals surface area contributed by atoms with Crippen molar-refractivity contribution in [3.8, 4) is 0 Å². The van der Waals surface area contributed by atoms with E-state index >= 15 is 0 Å². The molecule has 24 heavy (non-hydrogen) atoms. The van der Waals surface area contributed by atoms with Crippen molar-refractivity contribution in [2.24, 2.45) is 11.3 Å². The van der Waals surface area contributed by atoms with Gasteiger partial charge in [-0.2, -0.15) is 0 Å². The zero-order chi connectivity index (χ0) is 17.3. The predicted molar refractivity (Wildman–Crippen MR) is 83.4 cm³/mol. The Kier molecular flexibility index (Phi) is 4.56. The van der Waals surface area contributed by atoms with Crippen LogP contribution < -0.4 is 5.32 Å². The number of benzene rings is 1. The maximum Gasteiger partial charge on any atom is 0.311 e. The fourth-order valence-electron chi connectivity index (χ4n) is 3.72. The van der Waals surface area contributed by atoms with Crippen LogP contribution in [0.15, 0.2) is 18.2 Å². The van der Waals surface area contributed by atoms with E-state index in [0.717, 1.165) is 25.3 Å². The van der Waals surface area contributed by atoms with Gasteiger partial charge < -0.3 is 10.4 Å². The summed E-state index contributed by atoms with van der Waals surface area (Å²) >= 11 is 0. The van der Waals surface area contributed by atoms with E-state index in [1.165, 1.54) is 12.1 Å². The van der Waals surface area contributed by atoms with E-state index in [0.29, 0.717) is 19.3 Å². The van der Waals surface area contributed by atoms with E-state index in [2.05, 4.69) is 5.32 Å². The Morgan fingerprint density at radius 2 is 1.92 bits per heavy atom. The lowest BCUT2D eigenvalue weighted by atomic mass is 9.74. The first-order chi connectivity index (χ1) is 11.4. The first kappa shape index (κ1) is 16.9. The number of rotatable bonds is 5. The number of hydrogen-bond acceptors (Lipinski definition) is 2. The zero-order valence-corrected chi connectivity index (χ0v) is 13.4. The van der Waals surface area contributed by atoms with Crippen molar-refractivity contribution >= 4 is 11.9 Å². The number of amides is 1. The Hall–Kier alpha value is -1.98. The fraction of sp³-hybridized carbons (Fsp3) is 0.556. The number of halogens is 2. The number of nitrogens with one attached hydrogen (secondary N) is 1. The van der Waals surface area contributed by atoms with Crippen LogP contribution in [-0.4, -0.2) is 23.5 Å². The van der Waals surface area contributed by atoms with Crippen molar-refractivity contribution in [2.75, 3.05) is 6.54 Å². The molecule has 2 aliphatic carbocycles. The molecule has 1 aromatic rings. The Bertz CT molecular complexity index is 656. The minimum Gasteiger partial charge on any atom is -0.481 e. The molecule has 2 unspecified atom stereocenters. The summed E-state index contributed by atoms with van der Waals surface area (Å²) in [6.45, 7) is 0.107. The van der Waals surface area contributed by atoms with Gasteiger partial charge in [-0.1, -0.05) is 31.4 Å². The zero-order valence-electron chi connectivity index (χ0n) is 13.4. The lowest BCUT2D eigenvalue weighted by molar-refractivity contribution is -0.151. The third kappa shape index (κ3) is 3.14. The second-order valence-electron chi connectivity index (χ2n) is 6.96. The van der Waals surface area contributed by atoms with E-state index in [-0.39, 0.29) is 23.9 Å². The average molecular weight is 337 g/mol.